The number of carbonyl (C=O) groups excluding carboxylic acids is 1. The van der Waals surface area contributed by atoms with Crippen LogP contribution in [0.15, 0.2) is 51.8 Å². The van der Waals surface area contributed by atoms with Crippen molar-refractivity contribution in [3.8, 4) is 11.5 Å². The van der Waals surface area contributed by atoms with E-state index in [0.29, 0.717) is 11.5 Å². The molecule has 0 amide bonds. The number of imidazole rings is 1. The molecule has 0 fully saturated rings. The Bertz CT molecular complexity index is 712. The first-order valence-corrected chi connectivity index (χ1v) is 6.75. The van der Waals surface area contributed by atoms with Gasteiger partial charge in [0.25, 0.3) is 5.78 Å². The van der Waals surface area contributed by atoms with E-state index in [1.807, 2.05) is 6.92 Å². The lowest BCUT2D eigenvalue weighted by Crippen LogP contribution is -2.20. The lowest BCUT2D eigenvalue weighted by atomic mass is 10.3. The molecule has 3 heterocycles. The maximum Gasteiger partial charge on any atom is 0.265 e. The summed E-state index contributed by atoms with van der Waals surface area (Å²) in [5.74, 6) is 0.859. The van der Waals surface area contributed by atoms with Gasteiger partial charge in [0.2, 0.25) is 5.82 Å². The van der Waals surface area contributed by atoms with Gasteiger partial charge in [-0.1, -0.05) is 6.92 Å². The molecule has 0 unspecified atom stereocenters. The standard InChI is InChI=1S/C15H15N3O3/c1-2-7-16-18-10-11(12-5-3-8-20-12)17-15(18)14(19)13-6-4-9-21-13/h3-6,8-10,16H,2,7H2,1H3. The lowest BCUT2D eigenvalue weighted by molar-refractivity contribution is 0.0997. The predicted molar refractivity (Wildman–Crippen MR) is 76.6 cm³/mol. The topological polar surface area (TPSA) is 73.2 Å². The normalized spacial score (nSPS) is 10.7. The molecule has 3 aromatic rings. The van der Waals surface area contributed by atoms with E-state index in [1.54, 1.807) is 41.4 Å². The Balaban J connectivity index is 1.99. The minimum absolute atomic E-state index is 0.256. The highest BCUT2D eigenvalue weighted by Gasteiger charge is 2.21. The second kappa shape index (κ2) is 5.70. The zero-order valence-corrected chi connectivity index (χ0v) is 11.6. The van der Waals surface area contributed by atoms with E-state index in [1.165, 1.54) is 6.26 Å². The molecule has 108 valence electrons. The fraction of sp³-hybridized carbons (Fsp3) is 0.200. The monoisotopic (exact) mass is 285 g/mol. The Morgan fingerprint density at radius 1 is 1.29 bits per heavy atom. The zero-order chi connectivity index (χ0) is 14.7. The number of hydrogen-bond acceptors (Lipinski definition) is 5. The molecular weight excluding hydrogens is 270 g/mol. The van der Waals surface area contributed by atoms with E-state index in [0.717, 1.165) is 13.0 Å². The molecule has 0 bridgehead atoms. The molecule has 6 heteroatoms. The number of hydrogen-bond donors (Lipinski definition) is 1. The molecule has 3 rings (SSSR count). The van der Waals surface area contributed by atoms with Crippen LogP contribution in [0, 0.1) is 0 Å². The minimum Gasteiger partial charge on any atom is -0.463 e. The summed E-state index contributed by atoms with van der Waals surface area (Å²) in [5, 5.41) is 0. The SMILES string of the molecule is CCCNn1cc(-c2ccco2)nc1C(=O)c1ccco1. The minimum atomic E-state index is -0.276. The van der Waals surface area contributed by atoms with Gasteiger partial charge in [0.1, 0.15) is 5.69 Å². The summed E-state index contributed by atoms with van der Waals surface area (Å²) in [4.78, 5) is 16.8. The van der Waals surface area contributed by atoms with Crippen LogP contribution >= 0.6 is 0 Å². The van der Waals surface area contributed by atoms with Crippen molar-refractivity contribution in [3.63, 3.8) is 0 Å². The van der Waals surface area contributed by atoms with Crippen LogP contribution in [0.2, 0.25) is 0 Å². The summed E-state index contributed by atoms with van der Waals surface area (Å²) in [7, 11) is 0. The van der Waals surface area contributed by atoms with E-state index >= 15 is 0 Å². The number of furan rings is 2. The molecular formula is C15H15N3O3. The molecule has 0 aliphatic rings. The van der Waals surface area contributed by atoms with Gasteiger partial charge >= 0.3 is 0 Å². The highest BCUT2D eigenvalue weighted by atomic mass is 16.3. The number of aromatic nitrogens is 2. The van der Waals surface area contributed by atoms with Crippen LogP contribution in [0.4, 0.5) is 0 Å². The first kappa shape index (κ1) is 13.2. The number of carbonyl (C=O) groups is 1. The molecule has 0 spiro atoms. The van der Waals surface area contributed by atoms with Gasteiger partial charge in [-0.25, -0.2) is 9.66 Å². The van der Waals surface area contributed by atoms with Crippen LogP contribution < -0.4 is 5.43 Å². The molecule has 0 aliphatic heterocycles. The third kappa shape index (κ3) is 2.60. The fourth-order valence-corrected chi connectivity index (χ4v) is 1.95. The van der Waals surface area contributed by atoms with Crippen molar-refractivity contribution in [1.82, 2.24) is 9.66 Å². The van der Waals surface area contributed by atoms with Crippen LogP contribution in [0.1, 0.15) is 29.7 Å². The molecule has 0 saturated heterocycles. The number of nitrogens with zero attached hydrogens (tertiary/aromatic N) is 2. The van der Waals surface area contributed by atoms with Crippen molar-refractivity contribution in [3.05, 3.63) is 54.6 Å². The molecule has 0 atom stereocenters. The molecule has 0 aliphatic carbocycles. The second-order valence-corrected chi connectivity index (χ2v) is 4.51. The summed E-state index contributed by atoms with van der Waals surface area (Å²) in [6, 6.07) is 6.87. The van der Waals surface area contributed by atoms with Crippen molar-refractivity contribution in [1.29, 1.82) is 0 Å². The molecule has 0 saturated carbocycles. The van der Waals surface area contributed by atoms with Gasteiger partial charge in [-0.15, -0.1) is 0 Å². The number of ketones is 1. The van der Waals surface area contributed by atoms with Crippen molar-refractivity contribution in [2.45, 2.75) is 13.3 Å². The van der Waals surface area contributed by atoms with Gasteiger partial charge in [0.05, 0.1) is 18.7 Å². The summed E-state index contributed by atoms with van der Waals surface area (Å²) >= 11 is 0. The van der Waals surface area contributed by atoms with Gasteiger partial charge in [-0.3, -0.25) is 4.79 Å². The number of rotatable bonds is 6. The summed E-state index contributed by atoms with van der Waals surface area (Å²) in [6.45, 7) is 2.78. The molecule has 1 N–H and O–H groups in total. The molecule has 21 heavy (non-hydrogen) atoms. The third-order valence-electron chi connectivity index (χ3n) is 2.96. The van der Waals surface area contributed by atoms with Crippen molar-refractivity contribution >= 4 is 5.78 Å². The Morgan fingerprint density at radius 2 is 2.10 bits per heavy atom. The van der Waals surface area contributed by atoms with E-state index in [4.69, 9.17) is 8.83 Å². The highest BCUT2D eigenvalue weighted by Crippen LogP contribution is 2.20. The molecule has 0 aromatic carbocycles. The Kier molecular flexibility index (Phi) is 3.59. The maximum atomic E-state index is 12.4. The maximum absolute atomic E-state index is 12.4. The summed E-state index contributed by atoms with van der Waals surface area (Å²) in [5.41, 5.74) is 3.73. The lowest BCUT2D eigenvalue weighted by Gasteiger charge is -2.07. The third-order valence-corrected chi connectivity index (χ3v) is 2.96. The first-order valence-electron chi connectivity index (χ1n) is 6.75. The zero-order valence-electron chi connectivity index (χ0n) is 11.6. The first-order chi connectivity index (χ1) is 10.3. The smallest absolute Gasteiger partial charge is 0.265 e. The van der Waals surface area contributed by atoms with E-state index < -0.39 is 0 Å². The largest absolute Gasteiger partial charge is 0.463 e. The predicted octanol–water partition coefficient (Wildman–Crippen LogP) is 2.92. The molecule has 0 radical (unpaired) electrons. The van der Waals surface area contributed by atoms with E-state index in [-0.39, 0.29) is 17.4 Å². The Morgan fingerprint density at radius 3 is 2.76 bits per heavy atom. The second-order valence-electron chi connectivity index (χ2n) is 4.51. The van der Waals surface area contributed by atoms with Gasteiger partial charge in [-0.2, -0.15) is 0 Å². The van der Waals surface area contributed by atoms with Gasteiger partial charge in [0, 0.05) is 6.54 Å². The van der Waals surface area contributed by atoms with E-state index in [2.05, 4.69) is 10.4 Å². The Hall–Kier alpha value is -2.76. The van der Waals surface area contributed by atoms with Crippen LogP contribution in [-0.2, 0) is 0 Å². The quantitative estimate of drug-likeness (QED) is 0.705. The average molecular weight is 285 g/mol. The average Bonchev–Trinajstić information content (AvgIpc) is 3.24. The van der Waals surface area contributed by atoms with Gasteiger partial charge in [-0.05, 0) is 30.7 Å². The van der Waals surface area contributed by atoms with E-state index in [9.17, 15) is 4.79 Å². The van der Waals surface area contributed by atoms with Crippen LogP contribution in [-0.4, -0.2) is 22.0 Å². The summed E-state index contributed by atoms with van der Waals surface area (Å²) < 4.78 is 12.1. The van der Waals surface area contributed by atoms with Crippen molar-refractivity contribution in [2.24, 2.45) is 0 Å². The number of nitrogens with one attached hydrogen (secondary N) is 1. The molecule has 6 nitrogen and oxygen atoms in total. The van der Waals surface area contributed by atoms with Crippen LogP contribution in [0.5, 0.6) is 0 Å². The highest BCUT2D eigenvalue weighted by molar-refractivity contribution is 6.05. The van der Waals surface area contributed by atoms with Crippen LogP contribution in [0.25, 0.3) is 11.5 Å². The summed E-state index contributed by atoms with van der Waals surface area (Å²) in [6.07, 6.45) is 5.71. The van der Waals surface area contributed by atoms with Gasteiger partial charge < -0.3 is 14.3 Å². The van der Waals surface area contributed by atoms with Crippen LogP contribution in [0.3, 0.4) is 0 Å². The van der Waals surface area contributed by atoms with Crippen molar-refractivity contribution < 1.29 is 13.6 Å². The Labute approximate surface area is 121 Å². The molecule has 3 aromatic heterocycles. The fourth-order valence-electron chi connectivity index (χ4n) is 1.95. The van der Waals surface area contributed by atoms with Crippen molar-refractivity contribution in [2.75, 3.05) is 12.0 Å². The van der Waals surface area contributed by atoms with Gasteiger partial charge in [0.15, 0.2) is 11.5 Å².